The highest BCUT2D eigenvalue weighted by molar-refractivity contribution is 7.92. The van der Waals surface area contributed by atoms with Gasteiger partial charge in [0.15, 0.2) is 5.75 Å². The molecule has 0 fully saturated rings. The lowest BCUT2D eigenvalue weighted by atomic mass is 9.99. The monoisotopic (exact) mass is 562 g/mol. The van der Waals surface area contributed by atoms with Crippen molar-refractivity contribution in [1.29, 1.82) is 0 Å². The lowest BCUT2D eigenvalue weighted by Gasteiger charge is -2.33. The molecule has 2 aromatic rings. The van der Waals surface area contributed by atoms with E-state index in [1.165, 1.54) is 6.07 Å². The maximum Gasteiger partial charge on any atom is 0.404 e. The second-order valence-electron chi connectivity index (χ2n) is 9.13. The van der Waals surface area contributed by atoms with Crippen molar-refractivity contribution in [3.8, 4) is 0 Å². The Hall–Kier alpha value is -2.81. The first kappa shape index (κ1) is 28.8. The van der Waals surface area contributed by atoms with Crippen molar-refractivity contribution < 1.29 is 31.1 Å². The van der Waals surface area contributed by atoms with Gasteiger partial charge in [0, 0.05) is 18.8 Å². The molecule has 1 aromatic heterocycles. The lowest BCUT2D eigenvalue weighted by molar-refractivity contribution is -0.106. The molecule has 0 saturated carbocycles. The Labute approximate surface area is 217 Å². The Morgan fingerprint density at radius 2 is 1.97 bits per heavy atom. The molecule has 1 unspecified atom stereocenters. The Kier molecular flexibility index (Phi) is 9.10. The van der Waals surface area contributed by atoms with Crippen LogP contribution in [0.4, 0.5) is 35.4 Å². The number of hydrogen-bond acceptors (Lipinski definition) is 10. The number of fused-ring (bicyclic) bond motifs is 1. The van der Waals surface area contributed by atoms with E-state index in [9.17, 15) is 26.4 Å². The molecular formula is C22H29F3N6O4S2. The maximum absolute atomic E-state index is 12.9. The summed E-state index contributed by atoms with van der Waals surface area (Å²) >= 11 is 0.823. The topological polar surface area (TPSA) is 126 Å². The van der Waals surface area contributed by atoms with E-state index in [2.05, 4.69) is 25.3 Å². The summed E-state index contributed by atoms with van der Waals surface area (Å²) in [7, 11) is -4.77. The average molecular weight is 563 g/mol. The van der Waals surface area contributed by atoms with Gasteiger partial charge in [0.1, 0.15) is 5.69 Å². The third-order valence-corrected chi connectivity index (χ3v) is 7.36. The van der Waals surface area contributed by atoms with Crippen molar-refractivity contribution in [1.82, 2.24) is 10.2 Å². The Morgan fingerprint density at radius 3 is 2.62 bits per heavy atom. The lowest BCUT2D eigenvalue weighted by Crippen LogP contribution is -2.33. The highest BCUT2D eigenvalue weighted by Gasteiger charge is 2.35. The predicted molar refractivity (Wildman–Crippen MR) is 135 cm³/mol. The van der Waals surface area contributed by atoms with Gasteiger partial charge < -0.3 is 9.64 Å². The number of aryl methyl sites for hydroxylation is 1. The molecule has 0 amide bonds. The van der Waals surface area contributed by atoms with Crippen molar-refractivity contribution in [2.75, 3.05) is 28.5 Å². The van der Waals surface area contributed by atoms with Gasteiger partial charge in [-0.05, 0) is 49.8 Å². The maximum atomic E-state index is 12.9. The zero-order chi connectivity index (χ0) is 27.4. The van der Waals surface area contributed by atoms with Gasteiger partial charge >= 0.3 is 12.1 Å². The summed E-state index contributed by atoms with van der Waals surface area (Å²) < 4.78 is 70.3. The third kappa shape index (κ3) is 8.35. The number of carbonyl (C=O) groups excluding carboxylic acids is 1. The van der Waals surface area contributed by atoms with E-state index in [0.717, 1.165) is 35.6 Å². The fourth-order valence-corrected chi connectivity index (χ4v) is 5.21. The number of anilines is 2. The number of nitrogens with one attached hydrogen (secondary N) is 1. The number of alkyl halides is 3. The first-order chi connectivity index (χ1) is 17.3. The molecule has 1 N–H and O–H groups in total. The summed E-state index contributed by atoms with van der Waals surface area (Å²) in [6.07, 6.45) is -3.06. The molecule has 0 saturated heterocycles. The number of carbonyl (C=O) groups is 1. The van der Waals surface area contributed by atoms with Crippen LogP contribution < -0.4 is 9.62 Å². The van der Waals surface area contributed by atoms with Crippen LogP contribution in [-0.2, 0) is 21.2 Å². The molecule has 2 heterocycles. The van der Waals surface area contributed by atoms with E-state index in [4.69, 9.17) is 4.74 Å². The first-order valence-electron chi connectivity index (χ1n) is 11.7. The minimum atomic E-state index is -4.92. The van der Waals surface area contributed by atoms with Crippen molar-refractivity contribution in [2.45, 2.75) is 59.2 Å². The average Bonchev–Trinajstić information content (AvgIpc) is 3.25. The zero-order valence-electron chi connectivity index (χ0n) is 20.9. The highest BCUT2D eigenvalue weighted by atomic mass is 32.2. The second-order valence-corrected chi connectivity index (χ2v) is 11.8. The van der Waals surface area contributed by atoms with Crippen molar-refractivity contribution in [2.24, 2.45) is 16.1 Å². The van der Waals surface area contributed by atoms with Crippen LogP contribution in [-0.4, -0.2) is 55.7 Å². The number of halogens is 3. The number of aromatic nitrogens is 2. The standard InChI is InChI=1S/C22H29F3N6O4S2/c1-5-14(4)35-20(32)19-27-29-21(36-19)28-26-16-9-15-7-6-8-31(11-13(2)3)18(15)10-17(16)30-37(33,34)12-22(23,24)25/h9-10,13-14,30H,5-8,11-12H2,1-4H3. The molecule has 0 radical (unpaired) electrons. The summed E-state index contributed by atoms with van der Waals surface area (Å²) in [5, 5.41) is 15.5. The highest BCUT2D eigenvalue weighted by Crippen LogP contribution is 2.39. The Morgan fingerprint density at radius 1 is 1.24 bits per heavy atom. The van der Waals surface area contributed by atoms with Crippen LogP contribution in [0.15, 0.2) is 22.4 Å². The van der Waals surface area contributed by atoms with Gasteiger partial charge in [-0.3, -0.25) is 4.72 Å². The van der Waals surface area contributed by atoms with E-state index in [1.807, 2.05) is 25.5 Å². The van der Waals surface area contributed by atoms with Crippen LogP contribution in [0.25, 0.3) is 0 Å². The normalized spacial score (nSPS) is 15.2. The van der Waals surface area contributed by atoms with Gasteiger partial charge in [-0.25, -0.2) is 13.2 Å². The number of rotatable bonds is 10. The van der Waals surface area contributed by atoms with Gasteiger partial charge in [0.2, 0.25) is 15.0 Å². The van der Waals surface area contributed by atoms with Crippen molar-refractivity contribution in [3.63, 3.8) is 0 Å². The van der Waals surface area contributed by atoms with Crippen LogP contribution in [0.1, 0.15) is 55.9 Å². The van der Waals surface area contributed by atoms with Crippen LogP contribution in [0, 0.1) is 5.92 Å². The first-order valence-corrected chi connectivity index (χ1v) is 14.2. The molecule has 37 heavy (non-hydrogen) atoms. The van der Waals surface area contributed by atoms with E-state index in [-0.39, 0.29) is 27.6 Å². The van der Waals surface area contributed by atoms with Crippen LogP contribution in [0.5, 0.6) is 0 Å². The third-order valence-electron chi connectivity index (χ3n) is 5.33. The van der Waals surface area contributed by atoms with E-state index in [0.29, 0.717) is 25.3 Å². The van der Waals surface area contributed by atoms with Gasteiger partial charge in [-0.2, -0.15) is 13.2 Å². The number of nitrogens with zero attached hydrogens (tertiary/aromatic N) is 5. The molecule has 15 heteroatoms. The zero-order valence-corrected chi connectivity index (χ0v) is 22.5. The molecule has 1 aliphatic rings. The van der Waals surface area contributed by atoms with Crippen LogP contribution in [0.3, 0.4) is 0 Å². The fourth-order valence-electron chi connectivity index (χ4n) is 3.66. The Balaban J connectivity index is 1.95. The molecule has 1 aromatic carbocycles. The van der Waals surface area contributed by atoms with Gasteiger partial charge in [0.05, 0.1) is 11.8 Å². The van der Waals surface area contributed by atoms with Gasteiger partial charge in [-0.1, -0.05) is 32.1 Å². The minimum absolute atomic E-state index is 0.000597. The smallest absolute Gasteiger partial charge is 0.404 e. The summed E-state index contributed by atoms with van der Waals surface area (Å²) in [5.74, 6) is -2.39. The number of esters is 1. The molecule has 0 bridgehead atoms. The quantitative estimate of drug-likeness (QED) is 0.294. The molecule has 1 atom stereocenters. The van der Waals surface area contributed by atoms with Gasteiger partial charge in [-0.15, -0.1) is 20.4 Å². The van der Waals surface area contributed by atoms with Crippen molar-refractivity contribution >= 4 is 49.5 Å². The summed E-state index contributed by atoms with van der Waals surface area (Å²) in [4.78, 5) is 14.2. The number of ether oxygens (including phenoxy) is 1. The molecular weight excluding hydrogens is 533 g/mol. The van der Waals surface area contributed by atoms with Gasteiger partial charge in [0.25, 0.3) is 5.13 Å². The Bertz CT molecular complexity index is 1250. The number of benzene rings is 1. The second kappa shape index (κ2) is 11.7. The van der Waals surface area contributed by atoms with E-state index >= 15 is 0 Å². The summed E-state index contributed by atoms with van der Waals surface area (Å²) in [6, 6.07) is 3.10. The number of azo groups is 1. The molecule has 3 rings (SSSR count). The fraction of sp³-hybridized carbons (Fsp3) is 0.591. The molecule has 0 aliphatic carbocycles. The van der Waals surface area contributed by atoms with E-state index in [1.54, 1.807) is 13.0 Å². The van der Waals surface area contributed by atoms with Crippen molar-refractivity contribution in [3.05, 3.63) is 22.7 Å². The minimum Gasteiger partial charge on any atom is -0.457 e. The largest absolute Gasteiger partial charge is 0.457 e. The van der Waals surface area contributed by atoms with Crippen LogP contribution >= 0.6 is 11.3 Å². The summed E-state index contributed by atoms with van der Waals surface area (Å²) in [6.45, 7) is 9.11. The SMILES string of the molecule is CCC(C)OC(=O)c1nnc(N=Nc2cc3c(cc2NS(=O)(=O)CC(F)(F)F)N(CC(C)C)CCC3)s1. The van der Waals surface area contributed by atoms with E-state index < -0.39 is 27.9 Å². The molecule has 10 nitrogen and oxygen atoms in total. The predicted octanol–water partition coefficient (Wildman–Crippen LogP) is 5.62. The summed E-state index contributed by atoms with van der Waals surface area (Å²) in [5.41, 5.74) is 1.49. The molecule has 0 spiro atoms. The number of hydrogen-bond donors (Lipinski definition) is 1. The number of sulfonamides is 1. The molecule has 1 aliphatic heterocycles. The van der Waals surface area contributed by atoms with Crippen LogP contribution in [0.2, 0.25) is 0 Å². The molecule has 204 valence electrons.